The highest BCUT2D eigenvalue weighted by Gasteiger charge is 2.12. The molecule has 0 atom stereocenters. The molecule has 0 saturated heterocycles. The van der Waals surface area contributed by atoms with Crippen LogP contribution in [-0.2, 0) is 6.54 Å². The maximum Gasteiger partial charge on any atom is 0.127 e. The summed E-state index contributed by atoms with van der Waals surface area (Å²) in [6, 6.07) is 11.8. The number of benzene rings is 2. The fourth-order valence-electron chi connectivity index (χ4n) is 2.58. The van der Waals surface area contributed by atoms with Crippen molar-refractivity contribution in [3.63, 3.8) is 0 Å². The molecule has 0 spiro atoms. The molecule has 2 heteroatoms. The molecule has 2 aromatic rings. The zero-order valence-electron chi connectivity index (χ0n) is 13.3. The second kappa shape index (κ2) is 6.40. The van der Waals surface area contributed by atoms with Crippen molar-refractivity contribution >= 4 is 0 Å². The molecule has 21 heavy (non-hydrogen) atoms. The Morgan fingerprint density at radius 3 is 2.24 bits per heavy atom. The molecule has 0 saturated carbocycles. The van der Waals surface area contributed by atoms with Crippen LogP contribution in [0.3, 0.4) is 0 Å². The molecule has 0 aliphatic carbocycles. The zero-order chi connectivity index (χ0) is 15.6. The predicted octanol–water partition coefficient (Wildman–Crippen LogP) is 5.20. The summed E-state index contributed by atoms with van der Waals surface area (Å²) in [6.07, 6.45) is 0. The van der Waals surface area contributed by atoms with Crippen LogP contribution in [0.5, 0.6) is 0 Å². The molecule has 0 radical (unpaired) electrons. The first-order chi connectivity index (χ1) is 9.93. The smallest absolute Gasteiger partial charge is 0.127 e. The van der Waals surface area contributed by atoms with Crippen LogP contribution in [0.2, 0.25) is 0 Å². The van der Waals surface area contributed by atoms with Gasteiger partial charge in [0.05, 0.1) is 0 Å². The summed E-state index contributed by atoms with van der Waals surface area (Å²) in [6.45, 7) is 9.00. The third-order valence-corrected chi connectivity index (χ3v) is 3.94. The molecule has 0 fully saturated rings. The van der Waals surface area contributed by atoms with Gasteiger partial charge in [0.1, 0.15) is 5.82 Å². The number of nitrogens with two attached hydrogens (primary N) is 1. The van der Waals surface area contributed by atoms with Gasteiger partial charge in [-0.15, -0.1) is 0 Å². The van der Waals surface area contributed by atoms with Gasteiger partial charge in [0.2, 0.25) is 0 Å². The lowest BCUT2D eigenvalue weighted by Crippen LogP contribution is -2.01. The van der Waals surface area contributed by atoms with E-state index in [0.29, 0.717) is 17.4 Å². The second-order valence-electron chi connectivity index (χ2n) is 6.17. The van der Waals surface area contributed by atoms with E-state index in [9.17, 15) is 4.39 Å². The van der Waals surface area contributed by atoms with Gasteiger partial charge in [-0.25, -0.2) is 4.39 Å². The number of hydrogen-bond donors (Lipinski definition) is 1. The number of halogens is 1. The Morgan fingerprint density at radius 1 is 0.952 bits per heavy atom. The normalized spacial score (nSPS) is 11.4. The fraction of sp³-hybridized carbons (Fsp3) is 0.368. The molecule has 2 N–H and O–H groups in total. The third-order valence-electron chi connectivity index (χ3n) is 3.94. The summed E-state index contributed by atoms with van der Waals surface area (Å²) in [4.78, 5) is 0. The van der Waals surface area contributed by atoms with E-state index in [4.69, 9.17) is 5.73 Å². The van der Waals surface area contributed by atoms with Crippen molar-refractivity contribution in [1.82, 2.24) is 0 Å². The Bertz CT molecular complexity index is 629. The van der Waals surface area contributed by atoms with E-state index in [1.807, 2.05) is 12.1 Å². The van der Waals surface area contributed by atoms with Gasteiger partial charge >= 0.3 is 0 Å². The van der Waals surface area contributed by atoms with E-state index < -0.39 is 0 Å². The lowest BCUT2D eigenvalue weighted by atomic mass is 9.88. The van der Waals surface area contributed by atoms with Gasteiger partial charge in [0.25, 0.3) is 0 Å². The first-order valence-corrected chi connectivity index (χ1v) is 7.56. The van der Waals surface area contributed by atoms with Crippen LogP contribution in [0, 0.1) is 5.82 Å². The minimum Gasteiger partial charge on any atom is -0.326 e. The standard InChI is InChI=1S/C19H24FN/c1-12(2)14-5-7-17(18(10-14)13(3)4)15-6-8-19(20)16(9-15)11-21/h5-10,12-13H,11,21H2,1-4H3. The van der Waals surface area contributed by atoms with Crippen molar-refractivity contribution < 1.29 is 4.39 Å². The molecule has 2 aromatic carbocycles. The van der Waals surface area contributed by atoms with Gasteiger partial charge in [-0.3, -0.25) is 0 Å². The summed E-state index contributed by atoms with van der Waals surface area (Å²) >= 11 is 0. The van der Waals surface area contributed by atoms with Crippen molar-refractivity contribution in [3.05, 3.63) is 58.9 Å². The Kier molecular flexibility index (Phi) is 4.79. The van der Waals surface area contributed by atoms with Crippen LogP contribution in [0.1, 0.15) is 56.2 Å². The first kappa shape index (κ1) is 15.7. The molecule has 0 aliphatic rings. The van der Waals surface area contributed by atoms with E-state index >= 15 is 0 Å². The third kappa shape index (κ3) is 3.33. The minimum atomic E-state index is -0.230. The van der Waals surface area contributed by atoms with E-state index in [1.165, 1.54) is 22.8 Å². The Morgan fingerprint density at radius 2 is 1.67 bits per heavy atom. The van der Waals surface area contributed by atoms with Gasteiger partial charge in [-0.1, -0.05) is 52.0 Å². The van der Waals surface area contributed by atoms with Gasteiger partial charge < -0.3 is 5.73 Å². The van der Waals surface area contributed by atoms with Crippen molar-refractivity contribution in [1.29, 1.82) is 0 Å². The van der Waals surface area contributed by atoms with Crippen molar-refractivity contribution in [2.45, 2.75) is 46.1 Å². The molecular weight excluding hydrogens is 261 g/mol. The Hall–Kier alpha value is -1.67. The predicted molar refractivity (Wildman–Crippen MR) is 87.9 cm³/mol. The van der Waals surface area contributed by atoms with Crippen LogP contribution in [0.25, 0.3) is 11.1 Å². The Balaban J connectivity index is 2.57. The largest absolute Gasteiger partial charge is 0.326 e. The van der Waals surface area contributed by atoms with Crippen LogP contribution < -0.4 is 5.73 Å². The lowest BCUT2D eigenvalue weighted by molar-refractivity contribution is 0.611. The topological polar surface area (TPSA) is 26.0 Å². The summed E-state index contributed by atoms with van der Waals surface area (Å²) in [7, 11) is 0. The van der Waals surface area contributed by atoms with Crippen molar-refractivity contribution in [2.24, 2.45) is 5.73 Å². The van der Waals surface area contributed by atoms with Gasteiger partial charge in [-0.05, 0) is 46.2 Å². The maximum atomic E-state index is 13.6. The molecule has 0 heterocycles. The highest BCUT2D eigenvalue weighted by Crippen LogP contribution is 2.32. The average molecular weight is 285 g/mol. The van der Waals surface area contributed by atoms with E-state index in [0.717, 1.165) is 5.56 Å². The van der Waals surface area contributed by atoms with Crippen LogP contribution in [0.4, 0.5) is 4.39 Å². The Labute approximate surface area is 127 Å². The average Bonchev–Trinajstić information content (AvgIpc) is 2.47. The fourth-order valence-corrected chi connectivity index (χ4v) is 2.58. The highest BCUT2D eigenvalue weighted by molar-refractivity contribution is 5.69. The quantitative estimate of drug-likeness (QED) is 0.821. The molecule has 0 bridgehead atoms. The van der Waals surface area contributed by atoms with Crippen LogP contribution >= 0.6 is 0 Å². The van der Waals surface area contributed by atoms with Gasteiger partial charge in [-0.2, -0.15) is 0 Å². The summed E-state index contributed by atoms with van der Waals surface area (Å²) in [5, 5.41) is 0. The minimum absolute atomic E-state index is 0.223. The van der Waals surface area contributed by atoms with Crippen LogP contribution in [-0.4, -0.2) is 0 Å². The molecule has 1 nitrogen and oxygen atoms in total. The summed E-state index contributed by atoms with van der Waals surface area (Å²) in [5.41, 5.74) is 11.0. The molecular formula is C19H24FN. The molecule has 2 rings (SSSR count). The lowest BCUT2D eigenvalue weighted by Gasteiger charge is -2.17. The molecule has 0 amide bonds. The van der Waals surface area contributed by atoms with E-state index in [1.54, 1.807) is 0 Å². The number of hydrogen-bond acceptors (Lipinski definition) is 1. The molecule has 0 aromatic heterocycles. The van der Waals surface area contributed by atoms with Crippen molar-refractivity contribution in [3.8, 4) is 11.1 Å². The van der Waals surface area contributed by atoms with Crippen molar-refractivity contribution in [2.75, 3.05) is 0 Å². The molecule has 0 aliphatic heterocycles. The number of rotatable bonds is 4. The first-order valence-electron chi connectivity index (χ1n) is 7.56. The summed E-state index contributed by atoms with van der Waals surface area (Å²) in [5.74, 6) is 0.695. The monoisotopic (exact) mass is 285 g/mol. The van der Waals surface area contributed by atoms with Gasteiger partial charge in [0, 0.05) is 12.1 Å². The highest BCUT2D eigenvalue weighted by atomic mass is 19.1. The SMILES string of the molecule is CC(C)c1ccc(-c2ccc(F)c(CN)c2)c(C(C)C)c1. The van der Waals surface area contributed by atoms with Crippen LogP contribution in [0.15, 0.2) is 36.4 Å². The maximum absolute atomic E-state index is 13.6. The zero-order valence-corrected chi connectivity index (χ0v) is 13.3. The molecule has 0 unspecified atom stereocenters. The summed E-state index contributed by atoms with van der Waals surface area (Å²) < 4.78 is 13.6. The second-order valence-corrected chi connectivity index (χ2v) is 6.17. The van der Waals surface area contributed by atoms with E-state index in [-0.39, 0.29) is 12.4 Å². The van der Waals surface area contributed by atoms with Gasteiger partial charge in [0.15, 0.2) is 0 Å². The molecule has 112 valence electrons. The van der Waals surface area contributed by atoms with E-state index in [2.05, 4.69) is 45.9 Å².